The number of rotatable bonds is 4. The molecule has 1 heterocycles. The van der Waals surface area contributed by atoms with Gasteiger partial charge in [0.05, 0.1) is 6.04 Å². The van der Waals surface area contributed by atoms with Gasteiger partial charge in [0.15, 0.2) is 0 Å². The molecule has 1 aliphatic carbocycles. The van der Waals surface area contributed by atoms with Gasteiger partial charge in [-0.1, -0.05) is 0 Å². The summed E-state index contributed by atoms with van der Waals surface area (Å²) in [4.78, 5) is 16.5. The molecule has 98 valence electrons. The Labute approximate surface area is 104 Å². The van der Waals surface area contributed by atoms with E-state index in [1.807, 2.05) is 0 Å². The molecule has 17 heavy (non-hydrogen) atoms. The maximum Gasteiger partial charge on any atom is 0.239 e. The summed E-state index contributed by atoms with van der Waals surface area (Å²) in [5.74, 6) is 0.776. The molecule has 0 aromatic heterocycles. The number of nitrogens with two attached hydrogens (primary N) is 1. The highest BCUT2D eigenvalue weighted by atomic mass is 16.2. The van der Waals surface area contributed by atoms with E-state index >= 15 is 0 Å². The van der Waals surface area contributed by atoms with Crippen LogP contribution in [0.3, 0.4) is 0 Å². The van der Waals surface area contributed by atoms with Crippen LogP contribution in [-0.4, -0.2) is 54.5 Å². The molecule has 0 radical (unpaired) electrons. The Bertz CT molecular complexity index is 276. The number of carbonyl (C=O) groups is 1. The molecule has 0 bridgehead atoms. The number of hydrogen-bond donors (Lipinski definition) is 1. The molecule has 1 saturated heterocycles. The van der Waals surface area contributed by atoms with Gasteiger partial charge in [0.2, 0.25) is 5.91 Å². The summed E-state index contributed by atoms with van der Waals surface area (Å²) >= 11 is 0. The average Bonchev–Trinajstić information content (AvgIpc) is 3.09. The lowest BCUT2D eigenvalue weighted by molar-refractivity contribution is -0.133. The van der Waals surface area contributed by atoms with E-state index in [0.29, 0.717) is 12.0 Å². The lowest BCUT2D eigenvalue weighted by Crippen LogP contribution is -2.47. The Hall–Kier alpha value is -0.610. The highest BCUT2D eigenvalue weighted by Gasteiger charge is 2.35. The summed E-state index contributed by atoms with van der Waals surface area (Å²) in [7, 11) is 2.17. The second-order valence-corrected chi connectivity index (χ2v) is 5.78. The molecular weight excluding hydrogens is 214 g/mol. The summed E-state index contributed by atoms with van der Waals surface area (Å²) in [5, 5.41) is 0. The van der Waals surface area contributed by atoms with Gasteiger partial charge in [-0.15, -0.1) is 0 Å². The maximum absolute atomic E-state index is 12.1. The molecule has 0 aromatic carbocycles. The zero-order valence-corrected chi connectivity index (χ0v) is 11.1. The van der Waals surface area contributed by atoms with Crippen molar-refractivity contribution in [2.45, 2.75) is 44.7 Å². The smallest absolute Gasteiger partial charge is 0.239 e. The van der Waals surface area contributed by atoms with Crippen molar-refractivity contribution in [3.05, 3.63) is 0 Å². The van der Waals surface area contributed by atoms with E-state index in [9.17, 15) is 4.79 Å². The van der Waals surface area contributed by atoms with Gasteiger partial charge in [0.25, 0.3) is 0 Å². The molecule has 4 heteroatoms. The SMILES string of the molecule is C[C@H](N)C(=O)N(C[C@@H]1CCCN(C)C1)C1CC1. The predicted octanol–water partition coefficient (Wildman–Crippen LogP) is 0.666. The van der Waals surface area contributed by atoms with E-state index in [2.05, 4.69) is 16.8 Å². The Kier molecular flexibility index (Phi) is 4.05. The van der Waals surface area contributed by atoms with Crippen LogP contribution in [0.25, 0.3) is 0 Å². The largest absolute Gasteiger partial charge is 0.338 e. The summed E-state index contributed by atoms with van der Waals surface area (Å²) < 4.78 is 0. The van der Waals surface area contributed by atoms with E-state index in [4.69, 9.17) is 5.73 Å². The first kappa shape index (κ1) is 12.8. The summed E-state index contributed by atoms with van der Waals surface area (Å²) in [5.41, 5.74) is 5.73. The van der Waals surface area contributed by atoms with Crippen LogP contribution >= 0.6 is 0 Å². The number of likely N-dealkylation sites (tertiary alicyclic amines) is 1. The predicted molar refractivity (Wildman–Crippen MR) is 68.6 cm³/mol. The minimum Gasteiger partial charge on any atom is -0.338 e. The normalized spacial score (nSPS) is 27.8. The quantitative estimate of drug-likeness (QED) is 0.784. The molecule has 2 fully saturated rings. The third-order valence-corrected chi connectivity index (χ3v) is 3.84. The van der Waals surface area contributed by atoms with Crippen molar-refractivity contribution in [1.82, 2.24) is 9.80 Å². The van der Waals surface area contributed by atoms with Gasteiger partial charge in [0, 0.05) is 19.1 Å². The molecule has 0 spiro atoms. The summed E-state index contributed by atoms with van der Waals surface area (Å²) in [6.07, 6.45) is 4.84. The molecular formula is C13H25N3O. The fourth-order valence-electron chi connectivity index (χ4n) is 2.77. The third-order valence-electron chi connectivity index (χ3n) is 3.84. The van der Waals surface area contributed by atoms with Crippen LogP contribution in [0, 0.1) is 5.92 Å². The van der Waals surface area contributed by atoms with E-state index in [1.165, 1.54) is 32.2 Å². The minimum absolute atomic E-state index is 0.140. The number of carbonyl (C=O) groups excluding carboxylic acids is 1. The number of amides is 1. The van der Waals surface area contributed by atoms with E-state index in [1.54, 1.807) is 6.92 Å². The average molecular weight is 239 g/mol. The van der Waals surface area contributed by atoms with E-state index < -0.39 is 0 Å². The Morgan fingerprint density at radius 3 is 2.71 bits per heavy atom. The van der Waals surface area contributed by atoms with Gasteiger partial charge in [-0.3, -0.25) is 4.79 Å². The van der Waals surface area contributed by atoms with Gasteiger partial charge in [-0.05, 0) is 52.1 Å². The molecule has 2 atom stereocenters. The monoisotopic (exact) mass is 239 g/mol. The van der Waals surface area contributed by atoms with Crippen LogP contribution in [0.2, 0.25) is 0 Å². The van der Waals surface area contributed by atoms with Crippen molar-refractivity contribution < 1.29 is 4.79 Å². The maximum atomic E-state index is 12.1. The van der Waals surface area contributed by atoms with Crippen LogP contribution in [-0.2, 0) is 4.79 Å². The number of nitrogens with zero attached hydrogens (tertiary/aromatic N) is 2. The second-order valence-electron chi connectivity index (χ2n) is 5.78. The Morgan fingerprint density at radius 1 is 1.47 bits per heavy atom. The lowest BCUT2D eigenvalue weighted by atomic mass is 9.97. The molecule has 2 N–H and O–H groups in total. The molecule has 1 aliphatic heterocycles. The van der Waals surface area contributed by atoms with Crippen molar-refractivity contribution >= 4 is 5.91 Å². The Morgan fingerprint density at radius 2 is 2.18 bits per heavy atom. The van der Waals surface area contributed by atoms with Crippen molar-refractivity contribution in [2.75, 3.05) is 26.7 Å². The third kappa shape index (κ3) is 3.42. The van der Waals surface area contributed by atoms with Crippen LogP contribution in [0.1, 0.15) is 32.6 Å². The Balaban J connectivity index is 1.90. The van der Waals surface area contributed by atoms with Gasteiger partial charge in [-0.2, -0.15) is 0 Å². The fraction of sp³-hybridized carbons (Fsp3) is 0.923. The first-order chi connectivity index (χ1) is 8.08. The highest BCUT2D eigenvalue weighted by molar-refractivity contribution is 5.81. The zero-order valence-electron chi connectivity index (χ0n) is 11.1. The van der Waals surface area contributed by atoms with Crippen molar-refractivity contribution in [2.24, 2.45) is 11.7 Å². The van der Waals surface area contributed by atoms with Gasteiger partial charge in [-0.25, -0.2) is 0 Å². The number of piperidine rings is 1. The van der Waals surface area contributed by atoms with Crippen LogP contribution in [0.15, 0.2) is 0 Å². The van der Waals surface area contributed by atoms with Crippen molar-refractivity contribution in [1.29, 1.82) is 0 Å². The van der Waals surface area contributed by atoms with E-state index in [0.717, 1.165) is 13.1 Å². The minimum atomic E-state index is -0.350. The molecule has 4 nitrogen and oxygen atoms in total. The van der Waals surface area contributed by atoms with Gasteiger partial charge in [0.1, 0.15) is 0 Å². The second kappa shape index (κ2) is 5.36. The van der Waals surface area contributed by atoms with Crippen LogP contribution in [0.5, 0.6) is 0 Å². The molecule has 1 saturated carbocycles. The summed E-state index contributed by atoms with van der Waals surface area (Å²) in [6, 6.07) is 0.137. The first-order valence-corrected chi connectivity index (χ1v) is 6.82. The molecule has 2 aliphatic rings. The molecule has 0 unspecified atom stereocenters. The van der Waals surface area contributed by atoms with Crippen LogP contribution in [0.4, 0.5) is 0 Å². The van der Waals surface area contributed by atoms with Crippen molar-refractivity contribution in [3.63, 3.8) is 0 Å². The zero-order chi connectivity index (χ0) is 12.4. The van der Waals surface area contributed by atoms with Crippen LogP contribution < -0.4 is 5.73 Å². The summed E-state index contributed by atoms with van der Waals surface area (Å²) in [6.45, 7) is 5.02. The fourth-order valence-corrected chi connectivity index (χ4v) is 2.77. The van der Waals surface area contributed by atoms with E-state index in [-0.39, 0.29) is 11.9 Å². The molecule has 1 amide bonds. The molecule has 0 aromatic rings. The topological polar surface area (TPSA) is 49.6 Å². The van der Waals surface area contributed by atoms with Crippen molar-refractivity contribution in [3.8, 4) is 0 Å². The highest BCUT2D eigenvalue weighted by Crippen LogP contribution is 2.29. The number of hydrogen-bond acceptors (Lipinski definition) is 3. The van der Waals surface area contributed by atoms with Gasteiger partial charge < -0.3 is 15.5 Å². The first-order valence-electron chi connectivity index (χ1n) is 6.82. The lowest BCUT2D eigenvalue weighted by Gasteiger charge is -2.34. The van der Waals surface area contributed by atoms with Gasteiger partial charge >= 0.3 is 0 Å². The standard InChI is InChI=1S/C13H25N3O/c1-10(14)13(17)16(12-5-6-12)9-11-4-3-7-15(2)8-11/h10-12H,3-9,14H2,1-2H3/t10-,11+/m0/s1. The molecule has 2 rings (SSSR count).